The number of methoxy groups -OCH3 is 1. The van der Waals surface area contributed by atoms with E-state index in [2.05, 4.69) is 19.9 Å². The van der Waals surface area contributed by atoms with E-state index >= 15 is 0 Å². The number of piperazine rings is 1. The highest BCUT2D eigenvalue weighted by Gasteiger charge is 2.21. The zero-order chi connectivity index (χ0) is 21.8. The number of nitrogens with zero attached hydrogens (tertiary/aromatic N) is 5. The van der Waals surface area contributed by atoms with Crippen LogP contribution in [0.3, 0.4) is 0 Å². The number of hydrogen-bond donors (Lipinski definition) is 0. The van der Waals surface area contributed by atoms with Crippen LogP contribution >= 0.6 is 0 Å². The summed E-state index contributed by atoms with van der Waals surface area (Å²) in [7, 11) is 1.59. The Bertz CT molecular complexity index is 1050. The molecule has 0 saturated carbocycles. The molecule has 0 unspecified atom stereocenters. The molecule has 2 heterocycles. The molecule has 162 valence electrons. The van der Waals surface area contributed by atoms with Gasteiger partial charge in [-0.2, -0.15) is 4.98 Å². The van der Waals surface area contributed by atoms with E-state index in [1.807, 2.05) is 0 Å². The van der Waals surface area contributed by atoms with E-state index in [1.54, 1.807) is 25.3 Å². The van der Waals surface area contributed by atoms with E-state index in [0.717, 1.165) is 31.7 Å². The number of rotatable bonds is 7. The molecule has 0 amide bonds. The Morgan fingerprint density at radius 2 is 1.77 bits per heavy atom. The number of hydrogen-bond acceptors (Lipinski definition) is 8. The third-order valence-electron chi connectivity index (χ3n) is 5.26. The minimum absolute atomic E-state index is 0.0150. The molecule has 1 aromatic heterocycles. The summed E-state index contributed by atoms with van der Waals surface area (Å²) in [4.78, 5) is 19.2. The molecule has 0 atom stereocenters. The smallest absolute Gasteiger partial charge is 0.269 e. The SMILES string of the molecule is COc1ccc(F)cc1CN1CCN(Cc2nc(-c3ccc([N+](=O)[O-])cc3)no2)CC1. The predicted octanol–water partition coefficient (Wildman–Crippen LogP) is 3.11. The highest BCUT2D eigenvalue weighted by atomic mass is 19.1. The quantitative estimate of drug-likeness (QED) is 0.419. The summed E-state index contributed by atoms with van der Waals surface area (Å²) in [6, 6.07) is 10.6. The van der Waals surface area contributed by atoms with Crippen LogP contribution in [-0.2, 0) is 13.1 Å². The average Bonchev–Trinajstić information content (AvgIpc) is 3.24. The highest BCUT2D eigenvalue weighted by Crippen LogP contribution is 2.23. The largest absolute Gasteiger partial charge is 0.496 e. The first-order valence-corrected chi connectivity index (χ1v) is 9.86. The van der Waals surface area contributed by atoms with Crippen LogP contribution in [0.2, 0.25) is 0 Å². The number of aromatic nitrogens is 2. The van der Waals surface area contributed by atoms with Gasteiger partial charge in [0, 0.05) is 56.0 Å². The molecule has 4 rings (SSSR count). The van der Waals surface area contributed by atoms with Crippen molar-refractivity contribution in [1.82, 2.24) is 19.9 Å². The summed E-state index contributed by atoms with van der Waals surface area (Å²) in [6.07, 6.45) is 0. The monoisotopic (exact) mass is 427 g/mol. The predicted molar refractivity (Wildman–Crippen MR) is 110 cm³/mol. The number of non-ortho nitro benzene ring substituents is 1. The summed E-state index contributed by atoms with van der Waals surface area (Å²) in [5.41, 5.74) is 1.51. The number of halogens is 1. The first-order chi connectivity index (χ1) is 15.0. The highest BCUT2D eigenvalue weighted by molar-refractivity contribution is 5.56. The molecule has 1 aliphatic rings. The van der Waals surface area contributed by atoms with Crippen molar-refractivity contribution in [1.29, 1.82) is 0 Å². The van der Waals surface area contributed by atoms with Crippen LogP contribution in [0.25, 0.3) is 11.4 Å². The third kappa shape index (κ3) is 5.04. The minimum atomic E-state index is -0.449. The average molecular weight is 427 g/mol. The Balaban J connectivity index is 1.31. The maximum atomic E-state index is 13.6. The van der Waals surface area contributed by atoms with E-state index in [0.29, 0.717) is 36.1 Å². The van der Waals surface area contributed by atoms with Gasteiger partial charge in [-0.25, -0.2) is 4.39 Å². The first-order valence-electron chi connectivity index (χ1n) is 9.86. The van der Waals surface area contributed by atoms with Crippen LogP contribution in [0.5, 0.6) is 5.75 Å². The van der Waals surface area contributed by atoms with Crippen molar-refractivity contribution in [3.8, 4) is 17.1 Å². The third-order valence-corrected chi connectivity index (χ3v) is 5.26. The van der Waals surface area contributed by atoms with Gasteiger partial charge in [-0.05, 0) is 30.3 Å². The molecule has 31 heavy (non-hydrogen) atoms. The zero-order valence-corrected chi connectivity index (χ0v) is 17.0. The molecule has 1 aliphatic heterocycles. The van der Waals surface area contributed by atoms with Gasteiger partial charge in [0.1, 0.15) is 11.6 Å². The zero-order valence-electron chi connectivity index (χ0n) is 17.0. The van der Waals surface area contributed by atoms with Crippen molar-refractivity contribution in [3.05, 3.63) is 69.9 Å². The fourth-order valence-electron chi connectivity index (χ4n) is 3.58. The van der Waals surface area contributed by atoms with Crippen molar-refractivity contribution in [2.24, 2.45) is 0 Å². The molecule has 10 heteroatoms. The molecule has 0 aliphatic carbocycles. The molecule has 0 N–H and O–H groups in total. The second-order valence-electron chi connectivity index (χ2n) is 7.32. The van der Waals surface area contributed by atoms with Crippen LogP contribution in [0.15, 0.2) is 47.0 Å². The Kier molecular flexibility index (Phi) is 6.19. The molecular formula is C21H22FN5O4. The van der Waals surface area contributed by atoms with Crippen molar-refractivity contribution in [3.63, 3.8) is 0 Å². The molecule has 0 radical (unpaired) electrons. The van der Waals surface area contributed by atoms with Crippen LogP contribution in [0.4, 0.5) is 10.1 Å². The Labute approximate surface area is 178 Å². The van der Waals surface area contributed by atoms with E-state index in [1.165, 1.54) is 24.3 Å². The standard InChI is InChI=1S/C21H22FN5O4/c1-30-19-7-4-17(22)12-16(19)13-25-8-10-26(11-9-25)14-20-23-21(24-31-20)15-2-5-18(6-3-15)27(28)29/h2-7,12H,8-11,13-14H2,1H3. The lowest BCUT2D eigenvalue weighted by atomic mass is 10.1. The van der Waals surface area contributed by atoms with Crippen LogP contribution in [-0.4, -0.2) is 58.2 Å². The lowest BCUT2D eigenvalue weighted by Gasteiger charge is -2.34. The number of benzene rings is 2. The Hall–Kier alpha value is -3.37. The van der Waals surface area contributed by atoms with Gasteiger partial charge < -0.3 is 9.26 Å². The fraction of sp³-hybridized carbons (Fsp3) is 0.333. The maximum absolute atomic E-state index is 13.6. The van der Waals surface area contributed by atoms with E-state index in [9.17, 15) is 14.5 Å². The molecular weight excluding hydrogens is 405 g/mol. The van der Waals surface area contributed by atoms with E-state index in [-0.39, 0.29) is 11.5 Å². The van der Waals surface area contributed by atoms with Gasteiger partial charge in [0.25, 0.3) is 5.69 Å². The lowest BCUT2D eigenvalue weighted by molar-refractivity contribution is -0.384. The second kappa shape index (κ2) is 9.19. The first kappa shape index (κ1) is 20.9. The minimum Gasteiger partial charge on any atom is -0.496 e. The second-order valence-corrected chi connectivity index (χ2v) is 7.32. The van der Waals surface area contributed by atoms with E-state index < -0.39 is 4.92 Å². The van der Waals surface area contributed by atoms with Gasteiger partial charge in [-0.1, -0.05) is 5.16 Å². The van der Waals surface area contributed by atoms with Crippen LogP contribution in [0, 0.1) is 15.9 Å². The molecule has 1 fully saturated rings. The van der Waals surface area contributed by atoms with Crippen molar-refractivity contribution in [2.45, 2.75) is 13.1 Å². The molecule has 0 spiro atoms. The normalized spacial score (nSPS) is 15.2. The van der Waals surface area contributed by atoms with Gasteiger partial charge in [0.15, 0.2) is 0 Å². The van der Waals surface area contributed by atoms with Gasteiger partial charge >= 0.3 is 0 Å². The van der Waals surface area contributed by atoms with Crippen LogP contribution in [0.1, 0.15) is 11.5 Å². The van der Waals surface area contributed by atoms with Crippen LogP contribution < -0.4 is 4.74 Å². The van der Waals surface area contributed by atoms with Crippen molar-refractivity contribution < 1.29 is 18.6 Å². The van der Waals surface area contributed by atoms with Crippen molar-refractivity contribution in [2.75, 3.05) is 33.3 Å². The Morgan fingerprint density at radius 3 is 2.42 bits per heavy atom. The molecule has 3 aromatic rings. The summed E-state index contributed by atoms with van der Waals surface area (Å²) < 4.78 is 24.3. The number of nitro benzene ring substituents is 1. The van der Waals surface area contributed by atoms with Gasteiger partial charge in [-0.3, -0.25) is 19.9 Å². The van der Waals surface area contributed by atoms with Gasteiger partial charge in [0.05, 0.1) is 18.6 Å². The summed E-state index contributed by atoms with van der Waals surface area (Å²) in [5, 5.41) is 14.8. The Morgan fingerprint density at radius 1 is 1.10 bits per heavy atom. The van der Waals surface area contributed by atoms with Crippen molar-refractivity contribution >= 4 is 5.69 Å². The fourth-order valence-corrected chi connectivity index (χ4v) is 3.58. The topological polar surface area (TPSA) is 97.8 Å². The molecule has 1 saturated heterocycles. The molecule has 0 bridgehead atoms. The van der Waals surface area contributed by atoms with Gasteiger partial charge in [0.2, 0.25) is 11.7 Å². The number of ether oxygens (including phenoxy) is 1. The molecule has 9 nitrogen and oxygen atoms in total. The summed E-state index contributed by atoms with van der Waals surface area (Å²) in [5.74, 6) is 1.32. The summed E-state index contributed by atoms with van der Waals surface area (Å²) >= 11 is 0. The number of nitro groups is 1. The van der Waals surface area contributed by atoms with Gasteiger partial charge in [-0.15, -0.1) is 0 Å². The maximum Gasteiger partial charge on any atom is 0.269 e. The molecule has 2 aromatic carbocycles. The summed E-state index contributed by atoms with van der Waals surface area (Å²) in [6.45, 7) is 4.42. The lowest BCUT2D eigenvalue weighted by Crippen LogP contribution is -2.45. The van der Waals surface area contributed by atoms with E-state index in [4.69, 9.17) is 9.26 Å².